The zero-order valence-electron chi connectivity index (χ0n) is 14.6. The molecule has 1 heterocycles. The second-order valence-corrected chi connectivity index (χ2v) is 5.68. The Balaban J connectivity index is 1.64. The standard InChI is InChI=1S/C20H19N3O3/c1-23(19(24)12-11-15-7-4-3-5-8-15)14-18-21-20(22-26-18)16-9-6-10-17(13-16)25-2/h3-13H,14H2,1-2H3/b12-11+. The van der Waals surface area contributed by atoms with E-state index in [1.807, 2.05) is 54.6 Å². The number of carbonyl (C=O) groups is 1. The molecule has 1 aromatic heterocycles. The van der Waals surface area contributed by atoms with Crippen molar-refractivity contribution in [3.63, 3.8) is 0 Å². The first-order chi connectivity index (χ1) is 12.7. The van der Waals surface area contributed by atoms with Crippen molar-refractivity contribution in [2.45, 2.75) is 6.54 Å². The first-order valence-corrected chi connectivity index (χ1v) is 8.11. The zero-order valence-corrected chi connectivity index (χ0v) is 14.6. The Morgan fingerprint density at radius 1 is 1.19 bits per heavy atom. The molecule has 132 valence electrons. The maximum Gasteiger partial charge on any atom is 0.246 e. The average Bonchev–Trinajstić information content (AvgIpc) is 3.15. The summed E-state index contributed by atoms with van der Waals surface area (Å²) in [4.78, 5) is 18.1. The fourth-order valence-electron chi connectivity index (χ4n) is 2.34. The number of benzene rings is 2. The summed E-state index contributed by atoms with van der Waals surface area (Å²) < 4.78 is 10.5. The number of rotatable bonds is 6. The van der Waals surface area contributed by atoms with E-state index in [-0.39, 0.29) is 12.5 Å². The molecule has 0 N–H and O–H groups in total. The van der Waals surface area contributed by atoms with E-state index < -0.39 is 0 Å². The molecular formula is C20H19N3O3. The van der Waals surface area contributed by atoms with Crippen LogP contribution in [0.25, 0.3) is 17.5 Å². The van der Waals surface area contributed by atoms with Crippen LogP contribution in [0.3, 0.4) is 0 Å². The van der Waals surface area contributed by atoms with Crippen molar-refractivity contribution in [3.8, 4) is 17.1 Å². The number of likely N-dealkylation sites (N-methyl/N-ethyl adjacent to an activating group) is 1. The van der Waals surface area contributed by atoms with Crippen molar-refractivity contribution >= 4 is 12.0 Å². The maximum atomic E-state index is 12.2. The van der Waals surface area contributed by atoms with Crippen molar-refractivity contribution in [2.75, 3.05) is 14.2 Å². The second kappa shape index (κ2) is 8.11. The summed E-state index contributed by atoms with van der Waals surface area (Å²) in [6.07, 6.45) is 3.29. The van der Waals surface area contributed by atoms with Gasteiger partial charge in [-0.3, -0.25) is 4.79 Å². The predicted octanol–water partition coefficient (Wildman–Crippen LogP) is 3.42. The van der Waals surface area contributed by atoms with E-state index in [1.54, 1.807) is 20.2 Å². The third kappa shape index (κ3) is 4.36. The van der Waals surface area contributed by atoms with E-state index in [9.17, 15) is 4.79 Å². The number of hydrogen-bond acceptors (Lipinski definition) is 5. The van der Waals surface area contributed by atoms with Crippen LogP contribution in [-0.2, 0) is 11.3 Å². The predicted molar refractivity (Wildman–Crippen MR) is 98.2 cm³/mol. The van der Waals surface area contributed by atoms with Crippen molar-refractivity contribution in [1.29, 1.82) is 0 Å². The minimum Gasteiger partial charge on any atom is -0.497 e. The Morgan fingerprint density at radius 3 is 2.77 bits per heavy atom. The first kappa shape index (κ1) is 17.4. The van der Waals surface area contributed by atoms with Crippen LogP contribution in [-0.4, -0.2) is 35.1 Å². The van der Waals surface area contributed by atoms with Gasteiger partial charge < -0.3 is 14.2 Å². The molecule has 0 radical (unpaired) electrons. The molecule has 0 saturated carbocycles. The molecule has 0 bridgehead atoms. The van der Waals surface area contributed by atoms with Crippen LogP contribution >= 0.6 is 0 Å². The van der Waals surface area contributed by atoms with E-state index in [1.165, 1.54) is 11.0 Å². The quantitative estimate of drug-likeness (QED) is 0.638. The van der Waals surface area contributed by atoms with Crippen molar-refractivity contribution in [1.82, 2.24) is 15.0 Å². The minimum absolute atomic E-state index is 0.144. The van der Waals surface area contributed by atoms with Crippen molar-refractivity contribution in [3.05, 3.63) is 72.1 Å². The highest BCUT2D eigenvalue weighted by molar-refractivity contribution is 5.91. The molecule has 0 spiro atoms. The molecule has 6 heteroatoms. The van der Waals surface area contributed by atoms with Gasteiger partial charge in [0.25, 0.3) is 0 Å². The van der Waals surface area contributed by atoms with Gasteiger partial charge in [-0.25, -0.2) is 0 Å². The molecule has 6 nitrogen and oxygen atoms in total. The maximum absolute atomic E-state index is 12.2. The lowest BCUT2D eigenvalue weighted by Crippen LogP contribution is -2.24. The Bertz CT molecular complexity index is 903. The third-order valence-electron chi connectivity index (χ3n) is 3.76. The summed E-state index contributed by atoms with van der Waals surface area (Å²) in [5.41, 5.74) is 1.75. The van der Waals surface area contributed by atoms with Gasteiger partial charge in [-0.1, -0.05) is 47.6 Å². The summed E-state index contributed by atoms with van der Waals surface area (Å²) >= 11 is 0. The number of aromatic nitrogens is 2. The molecule has 0 unspecified atom stereocenters. The highest BCUT2D eigenvalue weighted by Crippen LogP contribution is 2.21. The number of ether oxygens (including phenoxy) is 1. The number of methoxy groups -OCH3 is 1. The molecule has 0 saturated heterocycles. The highest BCUT2D eigenvalue weighted by atomic mass is 16.5. The number of carbonyl (C=O) groups excluding carboxylic acids is 1. The van der Waals surface area contributed by atoms with Gasteiger partial charge in [0.2, 0.25) is 17.6 Å². The average molecular weight is 349 g/mol. The lowest BCUT2D eigenvalue weighted by molar-refractivity contribution is -0.125. The van der Waals surface area contributed by atoms with Gasteiger partial charge in [-0.2, -0.15) is 4.98 Å². The Kier molecular flexibility index (Phi) is 5.43. The summed E-state index contributed by atoms with van der Waals surface area (Å²) in [6.45, 7) is 0.231. The summed E-state index contributed by atoms with van der Waals surface area (Å²) in [5, 5.41) is 3.97. The molecule has 26 heavy (non-hydrogen) atoms. The summed E-state index contributed by atoms with van der Waals surface area (Å²) in [5.74, 6) is 1.40. The SMILES string of the molecule is COc1cccc(-c2noc(CN(C)C(=O)/C=C/c3ccccc3)n2)c1. The van der Waals surface area contributed by atoms with E-state index in [4.69, 9.17) is 9.26 Å². The normalized spacial score (nSPS) is 10.8. The highest BCUT2D eigenvalue weighted by Gasteiger charge is 2.13. The fourth-order valence-corrected chi connectivity index (χ4v) is 2.34. The van der Waals surface area contributed by atoms with E-state index in [0.717, 1.165) is 11.1 Å². The van der Waals surface area contributed by atoms with Gasteiger partial charge in [0, 0.05) is 18.7 Å². The first-order valence-electron chi connectivity index (χ1n) is 8.11. The Labute approximate surface area is 151 Å². The Hall–Kier alpha value is -3.41. The molecule has 3 rings (SSSR count). The molecule has 3 aromatic rings. The second-order valence-electron chi connectivity index (χ2n) is 5.68. The van der Waals surface area contributed by atoms with E-state index in [0.29, 0.717) is 17.5 Å². The fraction of sp³-hybridized carbons (Fsp3) is 0.150. The minimum atomic E-state index is -0.144. The van der Waals surface area contributed by atoms with Gasteiger partial charge in [0.1, 0.15) is 5.75 Å². The van der Waals surface area contributed by atoms with Gasteiger partial charge in [-0.15, -0.1) is 0 Å². The number of hydrogen-bond donors (Lipinski definition) is 0. The van der Waals surface area contributed by atoms with Crippen LogP contribution in [0, 0.1) is 0 Å². The molecule has 0 atom stereocenters. The van der Waals surface area contributed by atoms with Gasteiger partial charge in [-0.05, 0) is 23.8 Å². The largest absolute Gasteiger partial charge is 0.497 e. The monoisotopic (exact) mass is 349 g/mol. The van der Waals surface area contributed by atoms with E-state index >= 15 is 0 Å². The van der Waals surface area contributed by atoms with Gasteiger partial charge >= 0.3 is 0 Å². The van der Waals surface area contributed by atoms with Crippen LogP contribution in [0.2, 0.25) is 0 Å². The van der Waals surface area contributed by atoms with Crippen LogP contribution in [0.5, 0.6) is 5.75 Å². The van der Waals surface area contributed by atoms with Crippen LogP contribution in [0.1, 0.15) is 11.5 Å². The Morgan fingerprint density at radius 2 is 2.00 bits per heavy atom. The number of nitrogens with zero attached hydrogens (tertiary/aromatic N) is 3. The summed E-state index contributed by atoms with van der Waals surface area (Å²) in [7, 11) is 3.29. The third-order valence-corrected chi connectivity index (χ3v) is 3.76. The molecule has 1 amide bonds. The van der Waals surface area contributed by atoms with Gasteiger partial charge in [0.15, 0.2) is 0 Å². The van der Waals surface area contributed by atoms with Crippen LogP contribution < -0.4 is 4.74 Å². The lowest BCUT2D eigenvalue weighted by Gasteiger charge is -2.11. The molecule has 0 aliphatic carbocycles. The molecule has 2 aromatic carbocycles. The topological polar surface area (TPSA) is 68.5 Å². The van der Waals surface area contributed by atoms with Crippen molar-refractivity contribution in [2.24, 2.45) is 0 Å². The molecule has 0 aliphatic heterocycles. The molecule has 0 aliphatic rings. The van der Waals surface area contributed by atoms with Gasteiger partial charge in [0.05, 0.1) is 13.7 Å². The smallest absolute Gasteiger partial charge is 0.246 e. The zero-order chi connectivity index (χ0) is 18.4. The van der Waals surface area contributed by atoms with Crippen LogP contribution in [0.4, 0.5) is 0 Å². The van der Waals surface area contributed by atoms with E-state index in [2.05, 4.69) is 10.1 Å². The molecule has 0 fully saturated rings. The van der Waals surface area contributed by atoms with Crippen molar-refractivity contribution < 1.29 is 14.1 Å². The molecular weight excluding hydrogens is 330 g/mol. The lowest BCUT2D eigenvalue weighted by atomic mass is 10.2. The van der Waals surface area contributed by atoms with Crippen LogP contribution in [0.15, 0.2) is 65.2 Å². The summed E-state index contributed by atoms with van der Waals surface area (Å²) in [6, 6.07) is 17.0. The number of amides is 1.